The number of amides is 1. The Morgan fingerprint density at radius 3 is 2.56 bits per heavy atom. The average Bonchev–Trinajstić information content (AvgIpc) is 3.14. The van der Waals surface area contributed by atoms with Crippen LogP contribution in [0.2, 0.25) is 0 Å². The molecule has 1 aromatic heterocycles. The lowest BCUT2D eigenvalue weighted by atomic mass is 10.1. The highest BCUT2D eigenvalue weighted by Gasteiger charge is 2.06. The van der Waals surface area contributed by atoms with Gasteiger partial charge in [0.25, 0.3) is 5.91 Å². The van der Waals surface area contributed by atoms with Crippen LogP contribution < -0.4 is 5.32 Å². The Hall–Kier alpha value is -2.92. The lowest BCUT2D eigenvalue weighted by molar-refractivity contribution is 0.0928. The number of halogens is 1. The van der Waals surface area contributed by atoms with Gasteiger partial charge in [-0.05, 0) is 47.5 Å². The van der Waals surface area contributed by atoms with Gasteiger partial charge in [-0.1, -0.05) is 24.3 Å². The Morgan fingerprint density at radius 1 is 1.00 bits per heavy atom. The van der Waals surface area contributed by atoms with E-state index < -0.39 is 0 Å². The molecule has 5 heteroatoms. The molecule has 25 heavy (non-hydrogen) atoms. The van der Waals surface area contributed by atoms with Crippen molar-refractivity contribution in [1.82, 2.24) is 5.32 Å². The summed E-state index contributed by atoms with van der Waals surface area (Å²) in [6.07, 6.45) is 1.61. The van der Waals surface area contributed by atoms with Gasteiger partial charge in [-0.25, -0.2) is 4.39 Å². The summed E-state index contributed by atoms with van der Waals surface area (Å²) >= 11 is 0. The first-order valence-electron chi connectivity index (χ1n) is 7.92. The second-order valence-electron chi connectivity index (χ2n) is 5.58. The Kier molecular flexibility index (Phi) is 5.59. The highest BCUT2D eigenvalue weighted by atomic mass is 19.1. The van der Waals surface area contributed by atoms with Crippen LogP contribution in [0.1, 0.15) is 27.2 Å². The van der Waals surface area contributed by atoms with Crippen molar-refractivity contribution in [1.29, 1.82) is 0 Å². The maximum Gasteiger partial charge on any atom is 0.251 e. The fourth-order valence-electron chi connectivity index (χ4n) is 2.38. The number of hydrogen-bond acceptors (Lipinski definition) is 3. The van der Waals surface area contributed by atoms with Gasteiger partial charge < -0.3 is 14.5 Å². The van der Waals surface area contributed by atoms with Crippen molar-refractivity contribution in [3.63, 3.8) is 0 Å². The van der Waals surface area contributed by atoms with Crippen LogP contribution in [0.4, 0.5) is 4.39 Å². The minimum atomic E-state index is -0.362. The zero-order valence-electron chi connectivity index (χ0n) is 13.6. The number of nitrogens with one attached hydrogen (secondary N) is 1. The maximum absolute atomic E-state index is 12.9. The summed E-state index contributed by atoms with van der Waals surface area (Å²) < 4.78 is 23.7. The van der Waals surface area contributed by atoms with E-state index in [1.54, 1.807) is 6.26 Å². The van der Waals surface area contributed by atoms with Crippen LogP contribution in [0.3, 0.4) is 0 Å². The van der Waals surface area contributed by atoms with Crippen LogP contribution in [0.5, 0.6) is 0 Å². The lowest BCUT2D eigenvalue weighted by Gasteiger charge is -2.08. The van der Waals surface area contributed by atoms with Gasteiger partial charge in [-0.3, -0.25) is 4.79 Å². The molecular formula is C20H18FNO3. The van der Waals surface area contributed by atoms with Crippen LogP contribution in [-0.4, -0.2) is 5.91 Å². The second kappa shape index (κ2) is 8.26. The molecule has 0 aliphatic carbocycles. The van der Waals surface area contributed by atoms with Gasteiger partial charge in [-0.2, -0.15) is 0 Å². The summed E-state index contributed by atoms with van der Waals surface area (Å²) in [5.41, 5.74) is 2.41. The Balaban J connectivity index is 1.50. The molecule has 0 bridgehead atoms. The molecule has 0 aliphatic heterocycles. The molecule has 4 nitrogen and oxygen atoms in total. The van der Waals surface area contributed by atoms with E-state index in [0.717, 1.165) is 16.9 Å². The van der Waals surface area contributed by atoms with Crippen molar-refractivity contribution in [2.24, 2.45) is 0 Å². The summed E-state index contributed by atoms with van der Waals surface area (Å²) in [7, 11) is 0. The van der Waals surface area contributed by atoms with E-state index in [1.807, 2.05) is 36.4 Å². The van der Waals surface area contributed by atoms with E-state index in [4.69, 9.17) is 9.15 Å². The van der Waals surface area contributed by atoms with Crippen molar-refractivity contribution in [2.75, 3.05) is 0 Å². The van der Waals surface area contributed by atoms with E-state index >= 15 is 0 Å². The van der Waals surface area contributed by atoms with Crippen LogP contribution in [0.15, 0.2) is 71.3 Å². The molecule has 3 aromatic rings. The SMILES string of the molecule is O=C(NCc1cccc(COCc2ccco2)c1)c1ccc(F)cc1. The number of carbonyl (C=O) groups is 1. The predicted octanol–water partition coefficient (Wildman–Crippen LogP) is 4.07. The maximum atomic E-state index is 12.9. The number of carbonyl (C=O) groups excluding carboxylic acids is 1. The van der Waals surface area contributed by atoms with Gasteiger partial charge in [-0.15, -0.1) is 0 Å². The summed E-state index contributed by atoms with van der Waals surface area (Å²) in [5, 5.41) is 2.82. The molecule has 3 rings (SSSR count). The molecule has 0 unspecified atom stereocenters. The Bertz CT molecular complexity index is 813. The van der Waals surface area contributed by atoms with Crippen LogP contribution >= 0.6 is 0 Å². The van der Waals surface area contributed by atoms with Gasteiger partial charge in [0.15, 0.2) is 0 Å². The summed E-state index contributed by atoms with van der Waals surface area (Å²) in [6.45, 7) is 1.27. The smallest absolute Gasteiger partial charge is 0.251 e. The minimum absolute atomic E-state index is 0.237. The molecule has 0 atom stereocenters. The Labute approximate surface area is 145 Å². The number of ether oxygens (including phenoxy) is 1. The zero-order chi connectivity index (χ0) is 17.5. The average molecular weight is 339 g/mol. The number of hydrogen-bond donors (Lipinski definition) is 1. The molecule has 2 aromatic carbocycles. The molecular weight excluding hydrogens is 321 g/mol. The number of furan rings is 1. The highest BCUT2D eigenvalue weighted by molar-refractivity contribution is 5.94. The number of benzene rings is 2. The Morgan fingerprint density at radius 2 is 1.80 bits per heavy atom. The third-order valence-electron chi connectivity index (χ3n) is 3.64. The quantitative estimate of drug-likeness (QED) is 0.706. The van der Waals surface area contributed by atoms with E-state index in [1.165, 1.54) is 24.3 Å². The van der Waals surface area contributed by atoms with Gasteiger partial charge in [0.1, 0.15) is 18.2 Å². The van der Waals surface area contributed by atoms with E-state index in [0.29, 0.717) is 25.3 Å². The molecule has 0 saturated carbocycles. The molecule has 0 radical (unpaired) electrons. The first-order valence-corrected chi connectivity index (χ1v) is 7.92. The standard InChI is InChI=1S/C20H18FNO3/c21-18-8-6-17(7-9-18)20(23)22-12-15-3-1-4-16(11-15)13-24-14-19-5-2-10-25-19/h1-11H,12-14H2,(H,22,23). The molecule has 0 saturated heterocycles. The molecule has 0 fully saturated rings. The van der Waals surface area contributed by atoms with Crippen LogP contribution in [0.25, 0.3) is 0 Å². The first-order chi connectivity index (χ1) is 12.2. The topological polar surface area (TPSA) is 51.5 Å². The third-order valence-corrected chi connectivity index (χ3v) is 3.64. The van der Waals surface area contributed by atoms with Crippen molar-refractivity contribution in [3.8, 4) is 0 Å². The van der Waals surface area contributed by atoms with Gasteiger partial charge in [0.05, 0.1) is 12.9 Å². The van der Waals surface area contributed by atoms with Crippen molar-refractivity contribution in [3.05, 3.63) is 95.2 Å². The third kappa shape index (κ3) is 5.02. The zero-order valence-corrected chi connectivity index (χ0v) is 13.6. The van der Waals surface area contributed by atoms with Crippen molar-refractivity contribution in [2.45, 2.75) is 19.8 Å². The van der Waals surface area contributed by atoms with Crippen LogP contribution in [-0.2, 0) is 24.5 Å². The monoisotopic (exact) mass is 339 g/mol. The molecule has 0 spiro atoms. The van der Waals surface area contributed by atoms with Crippen molar-refractivity contribution < 1.29 is 18.3 Å². The first kappa shape index (κ1) is 16.9. The van der Waals surface area contributed by atoms with Gasteiger partial charge in [0, 0.05) is 12.1 Å². The summed E-state index contributed by atoms with van der Waals surface area (Å²) in [4.78, 5) is 12.0. The largest absolute Gasteiger partial charge is 0.467 e. The molecule has 128 valence electrons. The lowest BCUT2D eigenvalue weighted by Crippen LogP contribution is -2.22. The van der Waals surface area contributed by atoms with Crippen molar-refractivity contribution >= 4 is 5.91 Å². The summed E-state index contributed by atoms with van der Waals surface area (Å²) in [5.74, 6) is 0.181. The second-order valence-corrected chi connectivity index (χ2v) is 5.58. The fourth-order valence-corrected chi connectivity index (χ4v) is 2.38. The molecule has 1 heterocycles. The van der Waals surface area contributed by atoms with Crippen LogP contribution in [0, 0.1) is 5.82 Å². The van der Waals surface area contributed by atoms with Gasteiger partial charge >= 0.3 is 0 Å². The predicted molar refractivity (Wildman–Crippen MR) is 91.2 cm³/mol. The van der Waals surface area contributed by atoms with E-state index in [9.17, 15) is 9.18 Å². The molecule has 0 aliphatic rings. The molecule has 1 amide bonds. The summed E-state index contributed by atoms with van der Waals surface area (Å²) in [6, 6.07) is 16.9. The molecule has 1 N–H and O–H groups in total. The van der Waals surface area contributed by atoms with Gasteiger partial charge in [0.2, 0.25) is 0 Å². The van der Waals surface area contributed by atoms with E-state index in [-0.39, 0.29) is 11.7 Å². The number of rotatable bonds is 7. The minimum Gasteiger partial charge on any atom is -0.467 e. The highest BCUT2D eigenvalue weighted by Crippen LogP contribution is 2.10. The fraction of sp³-hybridized carbons (Fsp3) is 0.150. The normalized spacial score (nSPS) is 10.6. The van der Waals surface area contributed by atoms with E-state index in [2.05, 4.69) is 5.32 Å².